The van der Waals surface area contributed by atoms with Gasteiger partial charge in [0, 0.05) is 26.0 Å². The molecular weight excluding hydrogens is 272 g/mol. The molecule has 2 unspecified atom stereocenters. The Morgan fingerprint density at radius 3 is 2.50 bits per heavy atom. The normalized spacial score (nSPS) is 13.4. The first-order valence-corrected chi connectivity index (χ1v) is 7.82. The van der Waals surface area contributed by atoms with E-state index in [0.29, 0.717) is 12.5 Å². The van der Waals surface area contributed by atoms with Crippen LogP contribution in [0.3, 0.4) is 0 Å². The number of aromatic nitrogens is 1. The molecule has 3 nitrogen and oxygen atoms in total. The monoisotopic (exact) mass is 296 g/mol. The maximum Gasteiger partial charge on any atom is 0.230 e. The van der Waals surface area contributed by atoms with E-state index in [2.05, 4.69) is 18.8 Å². The number of benzene rings is 1. The van der Waals surface area contributed by atoms with Crippen LogP contribution in [0, 0.1) is 5.92 Å². The number of carbonyl (C=O) groups excluding carboxylic acids is 1. The molecule has 0 aliphatic heterocycles. The van der Waals surface area contributed by atoms with Crippen LogP contribution in [0.4, 0.5) is 0 Å². The van der Waals surface area contributed by atoms with E-state index in [-0.39, 0.29) is 11.8 Å². The van der Waals surface area contributed by atoms with E-state index in [1.807, 2.05) is 55.7 Å². The summed E-state index contributed by atoms with van der Waals surface area (Å²) in [7, 11) is 1.87. The molecule has 0 spiro atoms. The van der Waals surface area contributed by atoms with Crippen LogP contribution in [-0.4, -0.2) is 22.8 Å². The quantitative estimate of drug-likeness (QED) is 0.810. The van der Waals surface area contributed by atoms with Crippen LogP contribution in [0.25, 0.3) is 0 Å². The fraction of sp³-hybridized carbons (Fsp3) is 0.368. The highest BCUT2D eigenvalue weighted by atomic mass is 16.2. The van der Waals surface area contributed by atoms with Gasteiger partial charge in [0.15, 0.2) is 0 Å². The number of amides is 1. The van der Waals surface area contributed by atoms with Gasteiger partial charge in [0.2, 0.25) is 5.91 Å². The van der Waals surface area contributed by atoms with Crippen molar-refractivity contribution in [1.29, 1.82) is 0 Å². The first kappa shape index (κ1) is 16.2. The van der Waals surface area contributed by atoms with Gasteiger partial charge in [0.05, 0.1) is 5.92 Å². The van der Waals surface area contributed by atoms with E-state index in [1.54, 1.807) is 11.1 Å². The predicted molar refractivity (Wildman–Crippen MR) is 89.3 cm³/mol. The van der Waals surface area contributed by atoms with Gasteiger partial charge in [-0.2, -0.15) is 0 Å². The standard InChI is InChI=1S/C19H24N2O/c1-4-15(2)18(17-10-6-5-7-11-17)19(22)21(3)14-16-9-8-12-20-13-16/h5-13,15,18H,4,14H2,1-3H3. The molecule has 1 amide bonds. The van der Waals surface area contributed by atoms with Crippen LogP contribution < -0.4 is 0 Å². The van der Waals surface area contributed by atoms with E-state index < -0.39 is 0 Å². The van der Waals surface area contributed by atoms with Crippen LogP contribution in [0.5, 0.6) is 0 Å². The molecule has 116 valence electrons. The third-order valence-corrected chi connectivity index (χ3v) is 4.16. The molecule has 0 N–H and O–H groups in total. The Morgan fingerprint density at radius 2 is 1.91 bits per heavy atom. The van der Waals surface area contributed by atoms with Gasteiger partial charge in [-0.15, -0.1) is 0 Å². The lowest BCUT2D eigenvalue weighted by atomic mass is 9.84. The zero-order chi connectivity index (χ0) is 15.9. The number of nitrogens with zero attached hydrogens (tertiary/aromatic N) is 2. The van der Waals surface area contributed by atoms with Crippen LogP contribution in [0.15, 0.2) is 54.9 Å². The van der Waals surface area contributed by atoms with Crippen LogP contribution in [0.1, 0.15) is 37.3 Å². The average Bonchev–Trinajstić information content (AvgIpc) is 2.56. The molecule has 0 aliphatic rings. The fourth-order valence-corrected chi connectivity index (χ4v) is 2.69. The van der Waals surface area contributed by atoms with Crippen molar-refractivity contribution in [2.24, 2.45) is 5.92 Å². The van der Waals surface area contributed by atoms with Crippen molar-refractivity contribution in [1.82, 2.24) is 9.88 Å². The summed E-state index contributed by atoms with van der Waals surface area (Å²) >= 11 is 0. The average molecular weight is 296 g/mol. The van der Waals surface area contributed by atoms with Crippen molar-refractivity contribution in [2.45, 2.75) is 32.7 Å². The number of carbonyl (C=O) groups is 1. The van der Waals surface area contributed by atoms with Crippen molar-refractivity contribution in [3.8, 4) is 0 Å². The number of hydrogen-bond donors (Lipinski definition) is 0. The lowest BCUT2D eigenvalue weighted by Gasteiger charge is -2.28. The summed E-state index contributed by atoms with van der Waals surface area (Å²) < 4.78 is 0. The Hall–Kier alpha value is -2.16. The minimum atomic E-state index is -0.0899. The van der Waals surface area contributed by atoms with Gasteiger partial charge in [0.1, 0.15) is 0 Å². The molecule has 22 heavy (non-hydrogen) atoms. The van der Waals surface area contributed by atoms with Crippen molar-refractivity contribution < 1.29 is 4.79 Å². The van der Waals surface area contributed by atoms with Gasteiger partial charge in [-0.25, -0.2) is 0 Å². The lowest BCUT2D eigenvalue weighted by Crippen LogP contribution is -2.34. The maximum atomic E-state index is 13.0. The summed E-state index contributed by atoms with van der Waals surface area (Å²) in [6, 6.07) is 14.0. The Labute approximate surface area is 133 Å². The summed E-state index contributed by atoms with van der Waals surface area (Å²) in [5, 5.41) is 0. The molecule has 0 aliphatic carbocycles. The Balaban J connectivity index is 2.18. The molecule has 0 bridgehead atoms. The second kappa shape index (κ2) is 7.74. The van der Waals surface area contributed by atoms with Gasteiger partial charge < -0.3 is 4.90 Å². The molecule has 0 radical (unpaired) electrons. The minimum absolute atomic E-state index is 0.0899. The van der Waals surface area contributed by atoms with Crippen LogP contribution in [-0.2, 0) is 11.3 Å². The first-order chi connectivity index (χ1) is 10.6. The second-order valence-corrected chi connectivity index (χ2v) is 5.83. The van der Waals surface area contributed by atoms with Gasteiger partial charge in [-0.05, 0) is 23.1 Å². The molecule has 2 aromatic rings. The molecular formula is C19H24N2O. The smallest absolute Gasteiger partial charge is 0.230 e. The summed E-state index contributed by atoms with van der Waals surface area (Å²) in [5.41, 5.74) is 2.15. The molecule has 3 heteroatoms. The van der Waals surface area contributed by atoms with E-state index in [1.165, 1.54) is 0 Å². The van der Waals surface area contributed by atoms with Crippen molar-refractivity contribution in [3.63, 3.8) is 0 Å². The highest BCUT2D eigenvalue weighted by Crippen LogP contribution is 2.29. The molecule has 0 saturated heterocycles. The fourth-order valence-electron chi connectivity index (χ4n) is 2.69. The highest BCUT2D eigenvalue weighted by Gasteiger charge is 2.28. The molecule has 1 aromatic carbocycles. The van der Waals surface area contributed by atoms with E-state index in [4.69, 9.17) is 0 Å². The van der Waals surface area contributed by atoms with Gasteiger partial charge in [-0.1, -0.05) is 56.7 Å². The lowest BCUT2D eigenvalue weighted by molar-refractivity contribution is -0.133. The summed E-state index contributed by atoms with van der Waals surface area (Å²) in [6.45, 7) is 4.87. The van der Waals surface area contributed by atoms with E-state index in [9.17, 15) is 4.79 Å². The van der Waals surface area contributed by atoms with Crippen molar-refractivity contribution in [2.75, 3.05) is 7.05 Å². The summed E-state index contributed by atoms with van der Waals surface area (Å²) in [4.78, 5) is 18.9. The molecule has 1 heterocycles. The molecule has 0 fully saturated rings. The van der Waals surface area contributed by atoms with Crippen molar-refractivity contribution in [3.05, 3.63) is 66.0 Å². The van der Waals surface area contributed by atoms with E-state index in [0.717, 1.165) is 17.5 Å². The third kappa shape index (κ3) is 3.94. The predicted octanol–water partition coefficient (Wildman–Crippen LogP) is 3.87. The SMILES string of the molecule is CCC(C)C(C(=O)N(C)Cc1cccnc1)c1ccccc1. The maximum absolute atomic E-state index is 13.0. The van der Waals surface area contributed by atoms with Crippen LogP contribution >= 0.6 is 0 Å². The Morgan fingerprint density at radius 1 is 1.18 bits per heavy atom. The zero-order valence-electron chi connectivity index (χ0n) is 13.6. The third-order valence-electron chi connectivity index (χ3n) is 4.16. The summed E-state index contributed by atoms with van der Waals surface area (Å²) in [5.74, 6) is 0.392. The molecule has 1 aromatic heterocycles. The zero-order valence-corrected chi connectivity index (χ0v) is 13.6. The number of rotatable bonds is 6. The Kier molecular flexibility index (Phi) is 5.70. The number of likely N-dealkylation sites (N-methyl/N-ethyl adjacent to an activating group) is 1. The van der Waals surface area contributed by atoms with Crippen molar-refractivity contribution >= 4 is 5.91 Å². The second-order valence-electron chi connectivity index (χ2n) is 5.83. The van der Waals surface area contributed by atoms with Crippen LogP contribution in [0.2, 0.25) is 0 Å². The topological polar surface area (TPSA) is 33.2 Å². The first-order valence-electron chi connectivity index (χ1n) is 7.82. The van der Waals surface area contributed by atoms with E-state index >= 15 is 0 Å². The highest BCUT2D eigenvalue weighted by molar-refractivity contribution is 5.83. The minimum Gasteiger partial charge on any atom is -0.341 e. The number of pyridine rings is 1. The molecule has 2 rings (SSSR count). The summed E-state index contributed by atoms with van der Waals surface area (Å²) in [6.07, 6.45) is 4.54. The van der Waals surface area contributed by atoms with Gasteiger partial charge in [0.25, 0.3) is 0 Å². The van der Waals surface area contributed by atoms with Gasteiger partial charge >= 0.3 is 0 Å². The molecule has 2 atom stereocenters. The number of hydrogen-bond acceptors (Lipinski definition) is 2. The largest absolute Gasteiger partial charge is 0.341 e. The Bertz CT molecular complexity index is 583. The molecule has 0 saturated carbocycles. The van der Waals surface area contributed by atoms with Gasteiger partial charge in [-0.3, -0.25) is 9.78 Å².